The lowest BCUT2D eigenvalue weighted by molar-refractivity contribution is -0.384. The first-order valence-corrected chi connectivity index (χ1v) is 11.5. The van der Waals surface area contributed by atoms with E-state index in [2.05, 4.69) is 29.0 Å². The highest BCUT2D eigenvalue weighted by Crippen LogP contribution is 2.13. The van der Waals surface area contributed by atoms with Gasteiger partial charge in [-0.15, -0.1) is 0 Å². The van der Waals surface area contributed by atoms with Crippen LogP contribution in [-0.4, -0.2) is 69.7 Å². The molecule has 1 aromatic heterocycles. The lowest BCUT2D eigenvalue weighted by Crippen LogP contribution is -2.40. The van der Waals surface area contributed by atoms with Gasteiger partial charge in [0, 0.05) is 58.5 Å². The largest absolute Gasteiger partial charge is 0.370 e. The fourth-order valence-corrected chi connectivity index (χ4v) is 3.69. The smallest absolute Gasteiger partial charge is 0.332 e. The van der Waals surface area contributed by atoms with Gasteiger partial charge in [-0.05, 0) is 38.0 Å². The summed E-state index contributed by atoms with van der Waals surface area (Å²) in [5.74, 6) is 0.512. The topological polar surface area (TPSA) is 106 Å². The first-order chi connectivity index (χ1) is 15.8. The Balaban J connectivity index is 1.94. The second kappa shape index (κ2) is 12.9. The van der Waals surface area contributed by atoms with Gasteiger partial charge in [-0.1, -0.05) is 26.0 Å². The van der Waals surface area contributed by atoms with Crippen molar-refractivity contribution < 1.29 is 4.92 Å². The predicted molar refractivity (Wildman–Crippen MR) is 131 cm³/mol. The summed E-state index contributed by atoms with van der Waals surface area (Å²) in [6.45, 7) is 10.5. The van der Waals surface area contributed by atoms with Crippen molar-refractivity contribution in [2.75, 3.05) is 51.1 Å². The molecule has 0 aliphatic carbocycles. The molecule has 0 aliphatic rings. The minimum absolute atomic E-state index is 0.107. The van der Waals surface area contributed by atoms with Crippen LogP contribution in [0.3, 0.4) is 0 Å². The molecule has 10 heteroatoms. The van der Waals surface area contributed by atoms with Gasteiger partial charge in [0.05, 0.1) is 4.92 Å². The quantitative estimate of drug-likeness (QED) is 0.338. The highest BCUT2D eigenvalue weighted by molar-refractivity contribution is 5.34. The van der Waals surface area contributed by atoms with Gasteiger partial charge < -0.3 is 15.1 Å². The lowest BCUT2D eigenvalue weighted by atomic mass is 10.1. The van der Waals surface area contributed by atoms with Crippen LogP contribution in [0.25, 0.3) is 0 Å². The summed E-state index contributed by atoms with van der Waals surface area (Å²) >= 11 is 0. The second-order valence-electron chi connectivity index (χ2n) is 8.09. The molecule has 2 aromatic rings. The maximum atomic E-state index is 12.1. The molecule has 0 unspecified atom stereocenters. The molecule has 0 bridgehead atoms. The van der Waals surface area contributed by atoms with Crippen LogP contribution in [0.1, 0.15) is 25.8 Å². The Morgan fingerprint density at radius 1 is 0.939 bits per heavy atom. The van der Waals surface area contributed by atoms with Gasteiger partial charge in [-0.2, -0.15) is 0 Å². The Hall–Kier alpha value is -2.98. The number of nitrogens with one attached hydrogen (secondary N) is 1. The number of likely N-dealkylation sites (N-methyl/N-ethyl adjacent to an activating group) is 1. The minimum Gasteiger partial charge on any atom is -0.370 e. The Morgan fingerprint density at radius 3 is 2.18 bits per heavy atom. The first-order valence-electron chi connectivity index (χ1n) is 11.5. The van der Waals surface area contributed by atoms with Crippen molar-refractivity contribution in [1.29, 1.82) is 0 Å². The second-order valence-corrected chi connectivity index (χ2v) is 8.09. The van der Waals surface area contributed by atoms with Gasteiger partial charge >= 0.3 is 5.69 Å². The molecule has 2 rings (SSSR count). The van der Waals surface area contributed by atoms with Crippen LogP contribution in [0.4, 0.5) is 11.5 Å². The monoisotopic (exact) mass is 460 g/mol. The number of nitro benzene ring substituents is 1. The van der Waals surface area contributed by atoms with E-state index in [0.29, 0.717) is 12.4 Å². The van der Waals surface area contributed by atoms with Crippen molar-refractivity contribution in [3.05, 3.63) is 66.8 Å². The van der Waals surface area contributed by atoms with Gasteiger partial charge in [0.15, 0.2) is 0 Å². The van der Waals surface area contributed by atoms with Gasteiger partial charge in [-0.3, -0.25) is 24.0 Å². The molecule has 0 fully saturated rings. The average molecular weight is 461 g/mol. The zero-order chi connectivity index (χ0) is 24.4. The number of aryl methyl sites for hydroxylation is 1. The van der Waals surface area contributed by atoms with Gasteiger partial charge in [0.25, 0.3) is 11.2 Å². The molecule has 0 saturated heterocycles. The summed E-state index contributed by atoms with van der Waals surface area (Å²) in [6, 6.07) is 8.17. The number of nitro groups is 1. The predicted octanol–water partition coefficient (Wildman–Crippen LogP) is 1.68. The minimum atomic E-state index is -0.385. The van der Waals surface area contributed by atoms with E-state index in [1.807, 2.05) is 12.1 Å². The third-order valence-corrected chi connectivity index (χ3v) is 5.97. The van der Waals surface area contributed by atoms with Crippen LogP contribution >= 0.6 is 0 Å². The number of nitrogens with zero attached hydrogens (tertiary/aromatic N) is 5. The van der Waals surface area contributed by atoms with E-state index in [1.165, 1.54) is 17.7 Å². The van der Waals surface area contributed by atoms with Crippen LogP contribution in [0.5, 0.6) is 0 Å². The van der Waals surface area contributed by atoms with Crippen LogP contribution in [0, 0.1) is 10.1 Å². The molecule has 0 radical (unpaired) electrons. The molecule has 33 heavy (non-hydrogen) atoms. The fraction of sp³-hybridized carbons (Fsp3) is 0.565. The molecule has 10 nitrogen and oxygen atoms in total. The normalized spacial score (nSPS) is 11.3. The number of hydrogen-bond donors (Lipinski definition) is 1. The number of aromatic nitrogens is 2. The highest BCUT2D eigenvalue weighted by Gasteiger charge is 2.10. The first kappa shape index (κ1) is 26.3. The maximum absolute atomic E-state index is 12.1. The van der Waals surface area contributed by atoms with Crippen LogP contribution in [0.2, 0.25) is 0 Å². The van der Waals surface area contributed by atoms with Crippen molar-refractivity contribution in [3.63, 3.8) is 0 Å². The van der Waals surface area contributed by atoms with Crippen LogP contribution in [0.15, 0.2) is 39.9 Å². The molecule has 0 atom stereocenters. The molecule has 0 amide bonds. The van der Waals surface area contributed by atoms with Crippen molar-refractivity contribution >= 4 is 11.5 Å². The van der Waals surface area contributed by atoms with Crippen molar-refractivity contribution in [1.82, 2.24) is 18.9 Å². The van der Waals surface area contributed by atoms with Gasteiger partial charge in [0.1, 0.15) is 5.82 Å². The van der Waals surface area contributed by atoms with E-state index in [4.69, 9.17) is 0 Å². The molecule has 1 heterocycles. The van der Waals surface area contributed by atoms with Crippen LogP contribution < -0.4 is 16.6 Å². The fourth-order valence-electron chi connectivity index (χ4n) is 3.69. The van der Waals surface area contributed by atoms with E-state index in [1.54, 1.807) is 19.2 Å². The van der Waals surface area contributed by atoms with E-state index in [-0.39, 0.29) is 21.9 Å². The SMILES string of the molecule is CCN(CC)CCN(CCCc1ccc([N+](=O)[O-])cc1)CCNc1cc(=O)n(C)c(=O)n1C. The molecule has 0 saturated carbocycles. The molecule has 1 aromatic carbocycles. The summed E-state index contributed by atoms with van der Waals surface area (Å²) in [7, 11) is 3.11. The third kappa shape index (κ3) is 7.83. The highest BCUT2D eigenvalue weighted by atomic mass is 16.6. The van der Waals surface area contributed by atoms with E-state index in [0.717, 1.165) is 62.2 Å². The maximum Gasteiger partial charge on any atom is 0.332 e. The Bertz CT molecular complexity index is 1010. The number of non-ortho nitro benzene ring substituents is 1. The molecule has 0 spiro atoms. The Kier molecular flexibility index (Phi) is 10.3. The molecule has 182 valence electrons. The van der Waals surface area contributed by atoms with Crippen molar-refractivity contribution in [3.8, 4) is 0 Å². The Labute approximate surface area is 194 Å². The van der Waals surface area contributed by atoms with Gasteiger partial charge in [-0.25, -0.2) is 4.79 Å². The van der Waals surface area contributed by atoms with E-state index < -0.39 is 0 Å². The van der Waals surface area contributed by atoms with Crippen molar-refractivity contribution in [2.45, 2.75) is 26.7 Å². The number of rotatable bonds is 14. The standard InChI is InChI=1S/C23H36N6O4/c1-5-27(6-2)16-17-28(14-7-8-19-9-11-20(12-10-19)29(32)33)15-13-24-21-18-22(30)26(4)23(31)25(21)3/h9-12,18,24H,5-8,13-17H2,1-4H3. The van der Waals surface area contributed by atoms with Crippen LogP contribution in [-0.2, 0) is 20.5 Å². The van der Waals surface area contributed by atoms with Crippen molar-refractivity contribution in [2.24, 2.45) is 14.1 Å². The summed E-state index contributed by atoms with van der Waals surface area (Å²) in [4.78, 5) is 39.2. The summed E-state index contributed by atoms with van der Waals surface area (Å²) in [5, 5.41) is 14.0. The molecule has 1 N–H and O–H groups in total. The number of hydrogen-bond acceptors (Lipinski definition) is 7. The third-order valence-electron chi connectivity index (χ3n) is 5.97. The lowest BCUT2D eigenvalue weighted by Gasteiger charge is -2.26. The summed E-state index contributed by atoms with van der Waals surface area (Å²) < 4.78 is 2.52. The zero-order valence-electron chi connectivity index (χ0n) is 20.1. The average Bonchev–Trinajstić information content (AvgIpc) is 2.81. The number of benzene rings is 1. The summed E-state index contributed by atoms with van der Waals surface area (Å²) in [6.07, 6.45) is 1.77. The van der Waals surface area contributed by atoms with E-state index >= 15 is 0 Å². The van der Waals surface area contributed by atoms with E-state index in [9.17, 15) is 19.7 Å². The summed E-state index contributed by atoms with van der Waals surface area (Å²) in [5.41, 5.74) is 0.502. The zero-order valence-corrected chi connectivity index (χ0v) is 20.1. The molecular formula is C23H36N6O4. The van der Waals surface area contributed by atoms with Gasteiger partial charge in [0.2, 0.25) is 0 Å². The Morgan fingerprint density at radius 2 is 1.58 bits per heavy atom. The molecular weight excluding hydrogens is 424 g/mol. The molecule has 0 aliphatic heterocycles. The number of anilines is 1.